The summed E-state index contributed by atoms with van der Waals surface area (Å²) in [6, 6.07) is 6.48. The Kier molecular flexibility index (Phi) is 3.39. The second-order valence-electron chi connectivity index (χ2n) is 4.84. The maximum atomic E-state index is 5.50. The van der Waals surface area contributed by atoms with Gasteiger partial charge in [-0.25, -0.2) is 0 Å². The van der Waals surface area contributed by atoms with Crippen LogP contribution in [0.15, 0.2) is 18.2 Å². The minimum absolute atomic E-state index is 0.330. The molecule has 1 heterocycles. The van der Waals surface area contributed by atoms with Gasteiger partial charge < -0.3 is 19.5 Å². The lowest BCUT2D eigenvalue weighted by Crippen LogP contribution is -2.36. The molecule has 0 bridgehead atoms. The molecule has 2 unspecified atom stereocenters. The molecule has 0 radical (unpaired) electrons. The number of ether oxygens (including phenoxy) is 3. The Bertz CT molecular complexity index is 422. The zero-order chi connectivity index (χ0) is 12.4. The van der Waals surface area contributed by atoms with Crippen LogP contribution in [0.1, 0.15) is 24.8 Å². The highest BCUT2D eigenvalue weighted by Crippen LogP contribution is 2.35. The minimum Gasteiger partial charge on any atom is -0.454 e. The van der Waals surface area contributed by atoms with Gasteiger partial charge in [-0.15, -0.1) is 0 Å². The van der Waals surface area contributed by atoms with Crippen molar-refractivity contribution < 1.29 is 14.2 Å². The fourth-order valence-electron chi connectivity index (χ4n) is 2.81. The molecule has 1 aliphatic heterocycles. The third kappa shape index (κ3) is 2.18. The molecule has 18 heavy (non-hydrogen) atoms. The normalized spacial score (nSPS) is 25.6. The van der Waals surface area contributed by atoms with Gasteiger partial charge >= 0.3 is 0 Å². The number of para-hydroxylation sites is 1. The molecule has 0 aromatic heterocycles. The molecule has 1 aromatic rings. The van der Waals surface area contributed by atoms with E-state index in [4.69, 9.17) is 14.2 Å². The van der Waals surface area contributed by atoms with Crippen LogP contribution in [0.2, 0.25) is 0 Å². The first kappa shape index (κ1) is 11.8. The average Bonchev–Trinajstić information content (AvgIpc) is 3.04. The van der Waals surface area contributed by atoms with Crippen molar-refractivity contribution in [1.29, 1.82) is 0 Å². The van der Waals surface area contributed by atoms with Gasteiger partial charge in [0.05, 0.1) is 6.10 Å². The molecule has 0 saturated heterocycles. The summed E-state index contributed by atoms with van der Waals surface area (Å²) in [6.45, 7) is 1.13. The van der Waals surface area contributed by atoms with E-state index >= 15 is 0 Å². The van der Waals surface area contributed by atoms with Crippen LogP contribution in [0, 0.1) is 0 Å². The van der Waals surface area contributed by atoms with Crippen molar-refractivity contribution in [3.05, 3.63) is 23.8 Å². The number of fused-ring (bicyclic) bond motifs is 1. The van der Waals surface area contributed by atoms with Crippen molar-refractivity contribution in [2.24, 2.45) is 0 Å². The third-order valence-electron chi connectivity index (χ3n) is 3.79. The summed E-state index contributed by atoms with van der Waals surface area (Å²) < 4.78 is 16.4. The predicted octanol–water partition coefficient (Wildman–Crippen LogP) is 2.07. The summed E-state index contributed by atoms with van der Waals surface area (Å²) in [4.78, 5) is 0. The Morgan fingerprint density at radius 1 is 1.33 bits per heavy atom. The first-order valence-electron chi connectivity index (χ1n) is 6.52. The van der Waals surface area contributed by atoms with Crippen LogP contribution in [-0.2, 0) is 11.3 Å². The summed E-state index contributed by atoms with van der Waals surface area (Å²) in [5.74, 6) is 1.74. The molecule has 0 amide bonds. The maximum absolute atomic E-state index is 5.50. The van der Waals surface area contributed by atoms with E-state index in [-0.39, 0.29) is 0 Å². The second-order valence-corrected chi connectivity index (χ2v) is 4.84. The highest BCUT2D eigenvalue weighted by atomic mass is 16.7. The Labute approximate surface area is 107 Å². The van der Waals surface area contributed by atoms with Crippen LogP contribution < -0.4 is 14.8 Å². The summed E-state index contributed by atoms with van der Waals surface area (Å²) >= 11 is 0. The highest BCUT2D eigenvalue weighted by molar-refractivity contribution is 5.48. The second kappa shape index (κ2) is 5.16. The fourth-order valence-corrected chi connectivity index (χ4v) is 2.81. The van der Waals surface area contributed by atoms with Crippen LogP contribution >= 0.6 is 0 Å². The average molecular weight is 249 g/mol. The summed E-state index contributed by atoms with van der Waals surface area (Å²) in [5.41, 5.74) is 1.16. The number of rotatable bonds is 4. The predicted molar refractivity (Wildman–Crippen MR) is 67.8 cm³/mol. The Morgan fingerprint density at radius 3 is 3.17 bits per heavy atom. The van der Waals surface area contributed by atoms with Crippen molar-refractivity contribution in [3.8, 4) is 11.5 Å². The van der Waals surface area contributed by atoms with E-state index in [0.717, 1.165) is 30.0 Å². The van der Waals surface area contributed by atoms with Crippen molar-refractivity contribution in [2.75, 3.05) is 13.9 Å². The lowest BCUT2D eigenvalue weighted by atomic mass is 10.1. The van der Waals surface area contributed by atoms with E-state index in [1.165, 1.54) is 12.8 Å². The molecule has 1 saturated carbocycles. The molecule has 2 aliphatic rings. The Balaban J connectivity index is 1.65. The molecular weight excluding hydrogens is 230 g/mol. The van der Waals surface area contributed by atoms with Crippen molar-refractivity contribution in [2.45, 2.75) is 38.0 Å². The Morgan fingerprint density at radius 2 is 2.28 bits per heavy atom. The summed E-state index contributed by atoms with van der Waals surface area (Å²) in [6.07, 6.45) is 3.92. The molecule has 4 nitrogen and oxygen atoms in total. The van der Waals surface area contributed by atoms with Gasteiger partial charge in [-0.3, -0.25) is 0 Å². The zero-order valence-electron chi connectivity index (χ0n) is 10.6. The quantitative estimate of drug-likeness (QED) is 0.886. The van der Waals surface area contributed by atoms with Gasteiger partial charge in [-0.1, -0.05) is 12.1 Å². The topological polar surface area (TPSA) is 39.7 Å². The number of hydrogen-bond donors (Lipinski definition) is 1. The van der Waals surface area contributed by atoms with Gasteiger partial charge in [0.2, 0.25) is 6.79 Å². The van der Waals surface area contributed by atoms with E-state index in [1.54, 1.807) is 7.11 Å². The molecular formula is C14H19NO3. The van der Waals surface area contributed by atoms with Crippen LogP contribution in [0.5, 0.6) is 11.5 Å². The molecule has 1 aromatic carbocycles. The summed E-state index contributed by atoms with van der Waals surface area (Å²) in [7, 11) is 1.79. The molecule has 3 rings (SSSR count). The SMILES string of the molecule is COC1CCCC1NCc1cccc2c1OCO2. The van der Waals surface area contributed by atoms with Crippen molar-refractivity contribution in [1.82, 2.24) is 5.32 Å². The van der Waals surface area contributed by atoms with E-state index in [2.05, 4.69) is 11.4 Å². The zero-order valence-corrected chi connectivity index (χ0v) is 10.6. The molecule has 1 N–H and O–H groups in total. The first-order valence-corrected chi connectivity index (χ1v) is 6.52. The lowest BCUT2D eigenvalue weighted by molar-refractivity contribution is 0.0846. The summed E-state index contributed by atoms with van der Waals surface area (Å²) in [5, 5.41) is 3.57. The number of nitrogens with one attached hydrogen (secondary N) is 1. The lowest BCUT2D eigenvalue weighted by Gasteiger charge is -2.20. The fraction of sp³-hybridized carbons (Fsp3) is 0.571. The van der Waals surface area contributed by atoms with Gasteiger partial charge in [0.1, 0.15) is 0 Å². The standard InChI is InChI=1S/C14H19NO3/c1-16-12-6-3-5-11(12)15-8-10-4-2-7-13-14(10)18-9-17-13/h2,4,7,11-12,15H,3,5-6,8-9H2,1H3. The van der Waals surface area contributed by atoms with E-state index < -0.39 is 0 Å². The van der Waals surface area contributed by atoms with Crippen LogP contribution in [0.3, 0.4) is 0 Å². The van der Waals surface area contributed by atoms with Crippen molar-refractivity contribution in [3.63, 3.8) is 0 Å². The van der Waals surface area contributed by atoms with Crippen LogP contribution in [0.25, 0.3) is 0 Å². The molecule has 1 fully saturated rings. The van der Waals surface area contributed by atoms with Gasteiger partial charge in [0.25, 0.3) is 0 Å². The number of methoxy groups -OCH3 is 1. The Hall–Kier alpha value is -1.26. The first-order chi connectivity index (χ1) is 8.88. The van der Waals surface area contributed by atoms with Gasteiger partial charge in [0.15, 0.2) is 11.5 Å². The number of hydrogen-bond acceptors (Lipinski definition) is 4. The van der Waals surface area contributed by atoms with E-state index in [9.17, 15) is 0 Å². The maximum Gasteiger partial charge on any atom is 0.231 e. The van der Waals surface area contributed by atoms with Crippen LogP contribution in [0.4, 0.5) is 0 Å². The third-order valence-corrected chi connectivity index (χ3v) is 3.79. The molecule has 98 valence electrons. The van der Waals surface area contributed by atoms with E-state index in [0.29, 0.717) is 18.9 Å². The van der Waals surface area contributed by atoms with E-state index in [1.807, 2.05) is 12.1 Å². The molecule has 4 heteroatoms. The van der Waals surface area contributed by atoms with Gasteiger partial charge in [-0.2, -0.15) is 0 Å². The largest absolute Gasteiger partial charge is 0.454 e. The van der Waals surface area contributed by atoms with Gasteiger partial charge in [-0.05, 0) is 25.3 Å². The smallest absolute Gasteiger partial charge is 0.231 e. The molecule has 1 aliphatic carbocycles. The highest BCUT2D eigenvalue weighted by Gasteiger charge is 2.27. The number of benzene rings is 1. The molecule has 2 atom stereocenters. The molecule has 0 spiro atoms. The minimum atomic E-state index is 0.330. The van der Waals surface area contributed by atoms with Crippen LogP contribution in [-0.4, -0.2) is 26.0 Å². The van der Waals surface area contributed by atoms with Gasteiger partial charge in [0, 0.05) is 25.3 Å². The monoisotopic (exact) mass is 249 g/mol. The van der Waals surface area contributed by atoms with Crippen molar-refractivity contribution >= 4 is 0 Å².